The minimum absolute atomic E-state index is 0.0912. The van der Waals surface area contributed by atoms with Crippen LogP contribution in [0.1, 0.15) is 18.5 Å². The lowest BCUT2D eigenvalue weighted by Gasteiger charge is -2.04. The molecule has 3 N–H and O–H groups in total. The molecule has 82 valence electrons. The van der Waals surface area contributed by atoms with E-state index in [1.165, 1.54) is 12.8 Å². The van der Waals surface area contributed by atoms with Crippen molar-refractivity contribution in [2.75, 3.05) is 13.1 Å². The third-order valence-corrected chi connectivity index (χ3v) is 2.51. The molecule has 4 heteroatoms. The number of aromatic nitrogens is 1. The van der Waals surface area contributed by atoms with Gasteiger partial charge in [-0.05, 0) is 25.0 Å². The lowest BCUT2D eigenvalue weighted by Crippen LogP contribution is -2.35. The Bertz CT molecular complexity index is 304. The molecule has 4 nitrogen and oxygen atoms in total. The monoisotopic (exact) mass is 207 g/mol. The summed E-state index contributed by atoms with van der Waals surface area (Å²) in [5, 5.41) is 6.06. The van der Waals surface area contributed by atoms with Crippen molar-refractivity contribution in [2.45, 2.75) is 25.3 Å². The molecule has 1 amide bonds. The van der Waals surface area contributed by atoms with Crippen LogP contribution >= 0.6 is 0 Å². The fourth-order valence-corrected chi connectivity index (χ4v) is 1.45. The second-order valence-corrected chi connectivity index (χ2v) is 3.95. The van der Waals surface area contributed by atoms with Gasteiger partial charge in [0.15, 0.2) is 0 Å². The number of H-pyrrole nitrogens is 1. The smallest absolute Gasteiger partial charge is 0.233 e. The van der Waals surface area contributed by atoms with Gasteiger partial charge in [-0.2, -0.15) is 0 Å². The zero-order chi connectivity index (χ0) is 10.5. The predicted molar refractivity (Wildman–Crippen MR) is 58.5 cm³/mol. The number of hydrogen-bond acceptors (Lipinski definition) is 2. The molecular weight excluding hydrogens is 190 g/mol. The minimum atomic E-state index is 0.0912. The van der Waals surface area contributed by atoms with Gasteiger partial charge in [-0.1, -0.05) is 0 Å². The third kappa shape index (κ3) is 3.75. The van der Waals surface area contributed by atoms with Gasteiger partial charge in [0, 0.05) is 30.9 Å². The molecule has 1 aromatic heterocycles. The van der Waals surface area contributed by atoms with Crippen LogP contribution in [0, 0.1) is 0 Å². The van der Waals surface area contributed by atoms with Crippen LogP contribution < -0.4 is 10.6 Å². The first kappa shape index (κ1) is 10.2. The normalized spacial score (nSPS) is 15.2. The Morgan fingerprint density at radius 2 is 2.40 bits per heavy atom. The summed E-state index contributed by atoms with van der Waals surface area (Å²) in [6.07, 6.45) is 5.19. The van der Waals surface area contributed by atoms with Gasteiger partial charge in [0.2, 0.25) is 5.91 Å². The fourth-order valence-electron chi connectivity index (χ4n) is 1.45. The highest BCUT2D eigenvalue weighted by atomic mass is 16.1. The van der Waals surface area contributed by atoms with E-state index in [9.17, 15) is 4.79 Å². The highest BCUT2D eigenvalue weighted by Gasteiger charge is 2.20. The van der Waals surface area contributed by atoms with Gasteiger partial charge in [-0.15, -0.1) is 0 Å². The Hall–Kier alpha value is -1.29. The summed E-state index contributed by atoms with van der Waals surface area (Å²) in [6, 6.07) is 4.58. The molecule has 0 aromatic carbocycles. The van der Waals surface area contributed by atoms with Crippen molar-refractivity contribution in [3.8, 4) is 0 Å². The van der Waals surface area contributed by atoms with Gasteiger partial charge in [-0.3, -0.25) is 4.79 Å². The Labute approximate surface area is 89.5 Å². The fraction of sp³-hybridized carbons (Fsp3) is 0.545. The molecule has 0 aliphatic heterocycles. The summed E-state index contributed by atoms with van der Waals surface area (Å²) in [4.78, 5) is 14.4. The van der Waals surface area contributed by atoms with Crippen LogP contribution in [0.15, 0.2) is 18.3 Å². The predicted octanol–water partition coefficient (Wildman–Crippen LogP) is 0.425. The largest absolute Gasteiger partial charge is 0.365 e. The molecule has 1 aromatic rings. The standard InChI is InChI=1S/C11H17N3O/c15-11(8-14-10-3-4-10)13-7-5-9-2-1-6-12-9/h1-2,6,10,12,14H,3-5,7-8H2,(H,13,15). The highest BCUT2D eigenvalue weighted by molar-refractivity contribution is 5.78. The van der Waals surface area contributed by atoms with E-state index in [2.05, 4.69) is 15.6 Å². The van der Waals surface area contributed by atoms with Crippen LogP contribution in [0.3, 0.4) is 0 Å². The van der Waals surface area contributed by atoms with Crippen molar-refractivity contribution in [3.05, 3.63) is 24.0 Å². The number of carbonyl (C=O) groups excluding carboxylic acids is 1. The molecule has 0 bridgehead atoms. The molecule has 0 saturated heterocycles. The van der Waals surface area contributed by atoms with E-state index < -0.39 is 0 Å². The van der Waals surface area contributed by atoms with Crippen LogP contribution in [0.4, 0.5) is 0 Å². The zero-order valence-corrected chi connectivity index (χ0v) is 8.75. The summed E-state index contributed by atoms with van der Waals surface area (Å²) < 4.78 is 0. The highest BCUT2D eigenvalue weighted by Crippen LogP contribution is 2.17. The van der Waals surface area contributed by atoms with E-state index in [0.717, 1.165) is 12.1 Å². The number of rotatable bonds is 6. The Balaban J connectivity index is 1.54. The molecule has 1 aliphatic carbocycles. The summed E-state index contributed by atoms with van der Waals surface area (Å²) in [5.74, 6) is 0.0912. The van der Waals surface area contributed by atoms with Crippen molar-refractivity contribution in [3.63, 3.8) is 0 Å². The second-order valence-electron chi connectivity index (χ2n) is 3.95. The molecular formula is C11H17N3O. The Morgan fingerprint density at radius 1 is 1.53 bits per heavy atom. The van der Waals surface area contributed by atoms with E-state index >= 15 is 0 Å². The van der Waals surface area contributed by atoms with Gasteiger partial charge in [0.05, 0.1) is 6.54 Å². The number of amides is 1. The van der Waals surface area contributed by atoms with Gasteiger partial charge in [-0.25, -0.2) is 0 Å². The van der Waals surface area contributed by atoms with Crippen molar-refractivity contribution in [2.24, 2.45) is 0 Å². The summed E-state index contributed by atoms with van der Waals surface area (Å²) in [5.41, 5.74) is 1.16. The zero-order valence-electron chi connectivity index (χ0n) is 8.75. The Kier molecular flexibility index (Phi) is 3.40. The van der Waals surface area contributed by atoms with Crippen LogP contribution in [-0.2, 0) is 11.2 Å². The van der Waals surface area contributed by atoms with E-state index in [-0.39, 0.29) is 5.91 Å². The van der Waals surface area contributed by atoms with Crippen LogP contribution in [0.2, 0.25) is 0 Å². The van der Waals surface area contributed by atoms with Crippen molar-refractivity contribution >= 4 is 5.91 Å². The third-order valence-electron chi connectivity index (χ3n) is 2.51. The maximum Gasteiger partial charge on any atom is 0.233 e. The minimum Gasteiger partial charge on any atom is -0.365 e. The van der Waals surface area contributed by atoms with Crippen molar-refractivity contribution in [1.82, 2.24) is 15.6 Å². The summed E-state index contributed by atoms with van der Waals surface area (Å²) in [6.45, 7) is 1.15. The summed E-state index contributed by atoms with van der Waals surface area (Å²) >= 11 is 0. The lowest BCUT2D eigenvalue weighted by atomic mass is 10.3. The van der Waals surface area contributed by atoms with E-state index in [1.54, 1.807) is 0 Å². The van der Waals surface area contributed by atoms with Gasteiger partial charge in [0.1, 0.15) is 0 Å². The maximum absolute atomic E-state index is 11.3. The number of carbonyl (C=O) groups is 1. The molecule has 1 heterocycles. The van der Waals surface area contributed by atoms with E-state index in [0.29, 0.717) is 19.1 Å². The van der Waals surface area contributed by atoms with Crippen molar-refractivity contribution in [1.29, 1.82) is 0 Å². The van der Waals surface area contributed by atoms with E-state index in [1.807, 2.05) is 18.3 Å². The molecule has 0 unspecified atom stereocenters. The second kappa shape index (κ2) is 4.98. The Morgan fingerprint density at radius 3 is 3.07 bits per heavy atom. The van der Waals surface area contributed by atoms with Crippen LogP contribution in [0.5, 0.6) is 0 Å². The summed E-state index contributed by atoms with van der Waals surface area (Å²) in [7, 11) is 0. The van der Waals surface area contributed by atoms with Gasteiger partial charge < -0.3 is 15.6 Å². The lowest BCUT2D eigenvalue weighted by molar-refractivity contribution is -0.120. The molecule has 1 saturated carbocycles. The average Bonchev–Trinajstić information content (AvgIpc) is 2.92. The van der Waals surface area contributed by atoms with Gasteiger partial charge in [0.25, 0.3) is 0 Å². The first-order valence-corrected chi connectivity index (χ1v) is 5.47. The van der Waals surface area contributed by atoms with E-state index in [4.69, 9.17) is 0 Å². The first-order valence-electron chi connectivity index (χ1n) is 5.47. The number of nitrogens with one attached hydrogen (secondary N) is 3. The number of hydrogen-bond donors (Lipinski definition) is 3. The molecule has 0 spiro atoms. The quantitative estimate of drug-likeness (QED) is 0.633. The number of aromatic amines is 1. The first-order chi connectivity index (χ1) is 7.34. The molecule has 15 heavy (non-hydrogen) atoms. The molecule has 1 fully saturated rings. The maximum atomic E-state index is 11.3. The van der Waals surface area contributed by atoms with Gasteiger partial charge >= 0.3 is 0 Å². The average molecular weight is 207 g/mol. The molecule has 1 aliphatic rings. The molecule has 0 atom stereocenters. The topological polar surface area (TPSA) is 56.9 Å². The molecule has 0 radical (unpaired) electrons. The van der Waals surface area contributed by atoms with Crippen LogP contribution in [-0.4, -0.2) is 30.0 Å². The molecule has 2 rings (SSSR count). The SMILES string of the molecule is O=C(CNC1CC1)NCCc1ccc[nH]1. The van der Waals surface area contributed by atoms with Crippen LogP contribution in [0.25, 0.3) is 0 Å². The van der Waals surface area contributed by atoms with Crippen molar-refractivity contribution < 1.29 is 4.79 Å².